The van der Waals surface area contributed by atoms with Crippen LogP contribution in [0.3, 0.4) is 0 Å². The number of imidazole rings is 2. The molecule has 9 nitrogen and oxygen atoms in total. The maximum Gasteiger partial charge on any atom is 0.164 e. The molecule has 0 saturated heterocycles. The molecule has 0 amide bonds. The van der Waals surface area contributed by atoms with E-state index in [-0.39, 0.29) is 6.17 Å². The van der Waals surface area contributed by atoms with Gasteiger partial charge in [-0.2, -0.15) is 0 Å². The van der Waals surface area contributed by atoms with E-state index in [0.29, 0.717) is 0 Å². The third-order valence-corrected chi connectivity index (χ3v) is 10.3. The summed E-state index contributed by atoms with van der Waals surface area (Å²) in [6.07, 6.45) is 5.22. The molecule has 54 heavy (non-hydrogen) atoms. The normalized spacial score (nSPS) is 13.8. The van der Waals surface area contributed by atoms with E-state index in [1.807, 2.05) is 48.9 Å². The summed E-state index contributed by atoms with van der Waals surface area (Å²) < 4.78 is 4.36. The summed E-state index contributed by atoms with van der Waals surface area (Å²) >= 11 is 0. The molecule has 5 aromatic heterocycles. The number of aromatic nitrogens is 7. The van der Waals surface area contributed by atoms with E-state index in [1.54, 1.807) is 0 Å². The molecule has 10 rings (SSSR count). The predicted octanol–water partition coefficient (Wildman–Crippen LogP) is 10.1. The minimum absolute atomic E-state index is 0.293. The fourth-order valence-electron chi connectivity index (χ4n) is 7.72. The summed E-state index contributed by atoms with van der Waals surface area (Å²) in [7, 11) is 0. The van der Waals surface area contributed by atoms with Crippen LogP contribution in [-0.4, -0.2) is 34.1 Å². The zero-order chi connectivity index (χ0) is 36.3. The average molecular weight is 702 g/mol. The molecule has 4 aromatic carbocycles. The molecule has 0 bridgehead atoms. The van der Waals surface area contributed by atoms with Crippen LogP contribution in [0.5, 0.6) is 0 Å². The molecule has 1 aliphatic heterocycles. The molecule has 9 aromatic rings. The molecular weight excluding hydrogens is 667 g/mol. The second-order valence-electron chi connectivity index (χ2n) is 13.7. The van der Waals surface area contributed by atoms with Gasteiger partial charge in [-0.1, -0.05) is 54.6 Å². The van der Waals surface area contributed by atoms with Crippen LogP contribution in [0.4, 0.5) is 17.2 Å². The summed E-state index contributed by atoms with van der Waals surface area (Å²) in [6.45, 7) is 6.39. The van der Waals surface area contributed by atoms with Gasteiger partial charge in [-0.25, -0.2) is 24.9 Å². The first-order chi connectivity index (χ1) is 26.5. The topological polar surface area (TPSA) is 89.6 Å². The van der Waals surface area contributed by atoms with Crippen LogP contribution in [0.2, 0.25) is 0 Å². The summed E-state index contributed by atoms with van der Waals surface area (Å²) in [6, 6.07) is 43.9. The average Bonchev–Trinajstić information content (AvgIpc) is 3.91. The number of fused-ring (bicyclic) bond motifs is 3. The SMILES string of the molecule is Cc1ccccc1N1c2ncccc2NC1c1cc(-c2nc3cccnc3n2-c2ccccc2C)cc(-c2nc3cccnc3n2-c2ccccc2C)c1. The Hall–Kier alpha value is -7.13. The van der Waals surface area contributed by atoms with Crippen LogP contribution in [-0.2, 0) is 0 Å². The highest BCUT2D eigenvalue weighted by Crippen LogP contribution is 2.47. The molecule has 260 valence electrons. The van der Waals surface area contributed by atoms with Crippen LogP contribution in [0, 0.1) is 20.8 Å². The van der Waals surface area contributed by atoms with Gasteiger partial charge in [-0.15, -0.1) is 0 Å². The third-order valence-electron chi connectivity index (χ3n) is 10.3. The number of pyridine rings is 3. The fourth-order valence-corrected chi connectivity index (χ4v) is 7.72. The van der Waals surface area contributed by atoms with Gasteiger partial charge in [0, 0.05) is 35.4 Å². The molecule has 0 radical (unpaired) electrons. The van der Waals surface area contributed by atoms with Gasteiger partial charge in [0.25, 0.3) is 0 Å². The van der Waals surface area contributed by atoms with E-state index in [0.717, 1.165) is 95.9 Å². The largest absolute Gasteiger partial charge is 0.358 e. The summed E-state index contributed by atoms with van der Waals surface area (Å²) in [5, 5.41) is 3.83. The van der Waals surface area contributed by atoms with Gasteiger partial charge >= 0.3 is 0 Å². The second kappa shape index (κ2) is 12.5. The quantitative estimate of drug-likeness (QED) is 0.185. The molecule has 6 heterocycles. The number of benzene rings is 4. The van der Waals surface area contributed by atoms with Crippen molar-refractivity contribution in [3.63, 3.8) is 0 Å². The zero-order valence-corrected chi connectivity index (χ0v) is 30.0. The molecule has 0 spiro atoms. The number of aryl methyl sites for hydroxylation is 3. The van der Waals surface area contributed by atoms with E-state index in [2.05, 4.69) is 137 Å². The smallest absolute Gasteiger partial charge is 0.164 e. The van der Waals surface area contributed by atoms with Crippen LogP contribution in [0.15, 0.2) is 146 Å². The Morgan fingerprint density at radius 1 is 0.500 bits per heavy atom. The Balaban J connectivity index is 1.28. The van der Waals surface area contributed by atoms with Gasteiger partial charge in [0.15, 0.2) is 17.1 Å². The van der Waals surface area contributed by atoms with Crippen LogP contribution < -0.4 is 10.2 Å². The maximum absolute atomic E-state index is 5.29. The van der Waals surface area contributed by atoms with Crippen molar-refractivity contribution >= 4 is 39.5 Å². The Kier molecular flexibility index (Phi) is 7.33. The number of anilines is 3. The Morgan fingerprint density at radius 2 is 0.981 bits per heavy atom. The van der Waals surface area contributed by atoms with Crippen molar-refractivity contribution in [2.45, 2.75) is 26.9 Å². The Labute approximate surface area is 312 Å². The minimum atomic E-state index is -0.293. The monoisotopic (exact) mass is 701 g/mol. The lowest BCUT2D eigenvalue weighted by Crippen LogP contribution is -2.24. The fraction of sp³-hybridized carbons (Fsp3) is 0.0889. The van der Waals surface area contributed by atoms with E-state index in [4.69, 9.17) is 24.9 Å². The van der Waals surface area contributed by atoms with Gasteiger partial charge in [0.05, 0.1) is 17.1 Å². The molecule has 0 aliphatic carbocycles. The molecule has 1 unspecified atom stereocenters. The van der Waals surface area contributed by atoms with Crippen molar-refractivity contribution in [2.24, 2.45) is 0 Å². The summed E-state index contributed by atoms with van der Waals surface area (Å²) in [4.78, 5) is 27.5. The summed E-state index contributed by atoms with van der Waals surface area (Å²) in [5.41, 5.74) is 13.6. The molecule has 0 saturated carbocycles. The highest BCUT2D eigenvalue weighted by Gasteiger charge is 2.34. The van der Waals surface area contributed by atoms with E-state index >= 15 is 0 Å². The second-order valence-corrected chi connectivity index (χ2v) is 13.7. The number of hydrogen-bond acceptors (Lipinski definition) is 7. The molecule has 1 aliphatic rings. The van der Waals surface area contributed by atoms with E-state index in [1.165, 1.54) is 0 Å². The summed E-state index contributed by atoms with van der Waals surface area (Å²) in [5.74, 6) is 2.44. The first-order valence-electron chi connectivity index (χ1n) is 18.0. The third kappa shape index (κ3) is 5.04. The predicted molar refractivity (Wildman–Crippen MR) is 216 cm³/mol. The molecule has 1 N–H and O–H groups in total. The first-order valence-corrected chi connectivity index (χ1v) is 18.0. The lowest BCUT2D eigenvalue weighted by Gasteiger charge is -2.28. The Bertz CT molecular complexity index is 2740. The van der Waals surface area contributed by atoms with Gasteiger partial charge in [0.2, 0.25) is 0 Å². The van der Waals surface area contributed by atoms with Crippen molar-refractivity contribution in [2.75, 3.05) is 10.2 Å². The standard InChI is InChI=1S/C45H35N9/c1-28-13-4-7-19-37(28)52-40(49-34-16-10-22-46-43(34)52)31-25-32(41-50-35-17-11-23-47-44(35)53(41)38-20-8-5-14-29(38)2)27-33(26-31)42-51-36-18-12-24-48-45(36)54(42)39-21-9-6-15-30(39)3/h4-27,40,49H,1-3H3. The van der Waals surface area contributed by atoms with Crippen LogP contribution in [0.1, 0.15) is 28.4 Å². The van der Waals surface area contributed by atoms with Crippen LogP contribution >= 0.6 is 0 Å². The zero-order valence-electron chi connectivity index (χ0n) is 30.0. The molecule has 0 fully saturated rings. The van der Waals surface area contributed by atoms with Gasteiger partial charge < -0.3 is 5.32 Å². The van der Waals surface area contributed by atoms with Crippen molar-refractivity contribution < 1.29 is 0 Å². The van der Waals surface area contributed by atoms with Gasteiger partial charge in [-0.05, 0) is 116 Å². The van der Waals surface area contributed by atoms with Gasteiger partial charge in [0.1, 0.15) is 28.8 Å². The van der Waals surface area contributed by atoms with Crippen molar-refractivity contribution in [3.05, 3.63) is 168 Å². The lowest BCUT2D eigenvalue weighted by molar-refractivity contribution is 0.817. The van der Waals surface area contributed by atoms with E-state index in [9.17, 15) is 0 Å². The molecular formula is C45H35N9. The van der Waals surface area contributed by atoms with Crippen molar-refractivity contribution in [1.29, 1.82) is 0 Å². The first kappa shape index (κ1) is 31.6. The highest BCUT2D eigenvalue weighted by molar-refractivity contribution is 5.86. The number of hydrogen-bond donors (Lipinski definition) is 1. The lowest BCUT2D eigenvalue weighted by atomic mass is 10.0. The maximum atomic E-state index is 5.29. The number of para-hydroxylation sites is 3. The number of nitrogens with zero attached hydrogens (tertiary/aromatic N) is 8. The molecule has 9 heteroatoms. The highest BCUT2D eigenvalue weighted by atomic mass is 15.4. The Morgan fingerprint density at radius 3 is 1.52 bits per heavy atom. The number of rotatable bonds is 6. The van der Waals surface area contributed by atoms with Crippen molar-refractivity contribution in [3.8, 4) is 34.2 Å². The van der Waals surface area contributed by atoms with Crippen molar-refractivity contribution in [1.82, 2.24) is 34.1 Å². The minimum Gasteiger partial charge on any atom is -0.358 e. The van der Waals surface area contributed by atoms with E-state index < -0.39 is 0 Å². The number of nitrogens with one attached hydrogen (secondary N) is 1. The van der Waals surface area contributed by atoms with Gasteiger partial charge in [-0.3, -0.25) is 14.0 Å². The van der Waals surface area contributed by atoms with Crippen LogP contribution in [0.25, 0.3) is 56.5 Å². The molecule has 1 atom stereocenters.